The number of piperidine rings is 1. The van der Waals surface area contributed by atoms with Gasteiger partial charge in [-0.15, -0.1) is 0 Å². The third-order valence-electron chi connectivity index (χ3n) is 3.85. The van der Waals surface area contributed by atoms with Crippen molar-refractivity contribution in [3.63, 3.8) is 0 Å². The highest BCUT2D eigenvalue weighted by molar-refractivity contribution is 5.80. The van der Waals surface area contributed by atoms with Crippen molar-refractivity contribution in [3.05, 3.63) is 0 Å². The molecule has 6 heteroatoms. The Labute approximate surface area is 134 Å². The molecule has 128 valence electrons. The first kappa shape index (κ1) is 18.7. The van der Waals surface area contributed by atoms with Crippen molar-refractivity contribution in [1.82, 2.24) is 15.5 Å². The summed E-state index contributed by atoms with van der Waals surface area (Å²) in [5.41, 5.74) is 0. The minimum absolute atomic E-state index is 0.129. The number of likely N-dealkylation sites (tertiary alicyclic amines) is 1. The van der Waals surface area contributed by atoms with E-state index in [9.17, 15) is 4.79 Å². The van der Waals surface area contributed by atoms with Gasteiger partial charge >= 0.3 is 5.97 Å². The van der Waals surface area contributed by atoms with Gasteiger partial charge in [0.1, 0.15) is 0 Å². The van der Waals surface area contributed by atoms with E-state index in [0.717, 1.165) is 44.9 Å². The number of carbonyl (C=O) groups is 1. The van der Waals surface area contributed by atoms with Crippen molar-refractivity contribution in [2.45, 2.75) is 52.0 Å². The molecule has 0 bridgehead atoms. The van der Waals surface area contributed by atoms with Gasteiger partial charge in [-0.1, -0.05) is 6.92 Å². The van der Waals surface area contributed by atoms with Crippen molar-refractivity contribution in [2.75, 3.05) is 39.8 Å². The second-order valence-corrected chi connectivity index (χ2v) is 5.67. The van der Waals surface area contributed by atoms with E-state index in [0.29, 0.717) is 19.1 Å². The smallest absolute Gasteiger partial charge is 0.305 e. The van der Waals surface area contributed by atoms with E-state index in [1.165, 1.54) is 13.0 Å². The van der Waals surface area contributed by atoms with Crippen molar-refractivity contribution >= 4 is 11.9 Å². The molecule has 0 saturated carbocycles. The predicted molar refractivity (Wildman–Crippen MR) is 90.1 cm³/mol. The highest BCUT2D eigenvalue weighted by atomic mass is 16.5. The zero-order chi connectivity index (χ0) is 16.2. The van der Waals surface area contributed by atoms with Gasteiger partial charge in [0.2, 0.25) is 0 Å². The van der Waals surface area contributed by atoms with Crippen LogP contribution in [0, 0.1) is 0 Å². The third kappa shape index (κ3) is 7.64. The van der Waals surface area contributed by atoms with Crippen molar-refractivity contribution in [3.8, 4) is 0 Å². The molecule has 0 aromatic heterocycles. The monoisotopic (exact) mass is 312 g/mol. The van der Waals surface area contributed by atoms with E-state index in [1.807, 2.05) is 6.92 Å². The summed E-state index contributed by atoms with van der Waals surface area (Å²) in [5, 5.41) is 6.75. The van der Waals surface area contributed by atoms with Crippen LogP contribution in [-0.4, -0.2) is 62.7 Å². The molecule has 0 spiro atoms. The lowest BCUT2D eigenvalue weighted by Gasteiger charge is -2.32. The molecule has 0 radical (unpaired) electrons. The first-order chi connectivity index (χ1) is 10.7. The molecule has 1 aliphatic heterocycles. The van der Waals surface area contributed by atoms with Crippen LogP contribution in [0.15, 0.2) is 4.99 Å². The fourth-order valence-electron chi connectivity index (χ4n) is 2.68. The first-order valence-corrected chi connectivity index (χ1v) is 8.54. The summed E-state index contributed by atoms with van der Waals surface area (Å²) in [7, 11) is 1.78. The molecule has 6 nitrogen and oxygen atoms in total. The summed E-state index contributed by atoms with van der Waals surface area (Å²) < 4.78 is 4.91. The summed E-state index contributed by atoms with van der Waals surface area (Å²) in [4.78, 5) is 18.0. The van der Waals surface area contributed by atoms with E-state index in [2.05, 4.69) is 27.4 Å². The normalized spacial score (nSPS) is 17.3. The number of aliphatic imine (C=N–C) groups is 1. The molecule has 1 fully saturated rings. The Morgan fingerprint density at radius 2 is 2.05 bits per heavy atom. The quantitative estimate of drug-likeness (QED) is 0.307. The average molecular weight is 312 g/mol. The number of hydrogen-bond acceptors (Lipinski definition) is 4. The highest BCUT2D eigenvalue weighted by Gasteiger charge is 2.19. The average Bonchev–Trinajstić information content (AvgIpc) is 2.52. The van der Waals surface area contributed by atoms with E-state index >= 15 is 0 Å². The maximum Gasteiger partial charge on any atom is 0.305 e. The van der Waals surface area contributed by atoms with E-state index < -0.39 is 0 Å². The van der Waals surface area contributed by atoms with Crippen LogP contribution >= 0.6 is 0 Å². The van der Waals surface area contributed by atoms with Gasteiger partial charge in [-0.25, -0.2) is 0 Å². The predicted octanol–water partition coefficient (Wildman–Crippen LogP) is 1.37. The van der Waals surface area contributed by atoms with Crippen LogP contribution in [0.1, 0.15) is 46.0 Å². The van der Waals surface area contributed by atoms with Crippen LogP contribution in [0.4, 0.5) is 0 Å². The highest BCUT2D eigenvalue weighted by Crippen LogP contribution is 2.10. The first-order valence-electron chi connectivity index (χ1n) is 8.54. The molecular weight excluding hydrogens is 280 g/mol. The van der Waals surface area contributed by atoms with Gasteiger partial charge in [0, 0.05) is 39.1 Å². The molecule has 1 saturated heterocycles. The minimum Gasteiger partial charge on any atom is -0.466 e. The van der Waals surface area contributed by atoms with Gasteiger partial charge in [-0.05, 0) is 39.2 Å². The van der Waals surface area contributed by atoms with Crippen LogP contribution in [0.25, 0.3) is 0 Å². The SMILES string of the molecule is CCCN1CCC(NC(=NC)NCCCC(=O)OCC)CC1. The van der Waals surface area contributed by atoms with Crippen LogP contribution in [0.3, 0.4) is 0 Å². The van der Waals surface area contributed by atoms with Gasteiger partial charge in [0.15, 0.2) is 5.96 Å². The summed E-state index contributed by atoms with van der Waals surface area (Å²) in [6, 6.07) is 0.490. The number of ether oxygens (including phenoxy) is 1. The van der Waals surface area contributed by atoms with E-state index in [4.69, 9.17) is 4.74 Å². The van der Waals surface area contributed by atoms with Crippen LogP contribution in [-0.2, 0) is 9.53 Å². The van der Waals surface area contributed by atoms with Crippen LogP contribution in [0.5, 0.6) is 0 Å². The molecule has 2 N–H and O–H groups in total. The van der Waals surface area contributed by atoms with Crippen molar-refractivity contribution in [2.24, 2.45) is 4.99 Å². The molecule has 22 heavy (non-hydrogen) atoms. The maximum atomic E-state index is 11.3. The van der Waals surface area contributed by atoms with Gasteiger partial charge in [0.25, 0.3) is 0 Å². The lowest BCUT2D eigenvalue weighted by Crippen LogP contribution is -2.48. The Morgan fingerprint density at radius 1 is 1.32 bits per heavy atom. The van der Waals surface area contributed by atoms with Crippen molar-refractivity contribution < 1.29 is 9.53 Å². The largest absolute Gasteiger partial charge is 0.466 e. The number of nitrogens with one attached hydrogen (secondary N) is 2. The lowest BCUT2D eigenvalue weighted by atomic mass is 10.1. The molecule has 1 aliphatic rings. The van der Waals surface area contributed by atoms with E-state index in [-0.39, 0.29) is 5.97 Å². The molecule has 1 rings (SSSR count). The second-order valence-electron chi connectivity index (χ2n) is 5.67. The maximum absolute atomic E-state index is 11.3. The Balaban J connectivity index is 2.16. The number of hydrogen-bond donors (Lipinski definition) is 2. The number of rotatable bonds is 8. The van der Waals surface area contributed by atoms with Crippen LogP contribution < -0.4 is 10.6 Å². The van der Waals surface area contributed by atoms with Gasteiger partial charge in [0.05, 0.1) is 6.61 Å². The summed E-state index contributed by atoms with van der Waals surface area (Å²) in [6.45, 7) is 8.75. The molecular formula is C16H32N4O2. The Hall–Kier alpha value is -1.30. The van der Waals surface area contributed by atoms with E-state index in [1.54, 1.807) is 7.05 Å². The zero-order valence-electron chi connectivity index (χ0n) is 14.4. The summed E-state index contributed by atoms with van der Waals surface area (Å²) in [6.07, 6.45) is 4.75. The van der Waals surface area contributed by atoms with Gasteiger partial charge < -0.3 is 20.3 Å². The molecule has 0 amide bonds. The number of carbonyl (C=O) groups excluding carboxylic acids is 1. The molecule has 0 atom stereocenters. The van der Waals surface area contributed by atoms with Gasteiger partial charge in [-0.2, -0.15) is 0 Å². The Morgan fingerprint density at radius 3 is 2.64 bits per heavy atom. The van der Waals surface area contributed by atoms with Crippen molar-refractivity contribution in [1.29, 1.82) is 0 Å². The third-order valence-corrected chi connectivity index (χ3v) is 3.85. The number of guanidine groups is 1. The Kier molecular flexibility index (Phi) is 9.62. The fraction of sp³-hybridized carbons (Fsp3) is 0.875. The van der Waals surface area contributed by atoms with Gasteiger partial charge in [-0.3, -0.25) is 9.79 Å². The molecule has 0 aromatic rings. The summed E-state index contributed by atoms with van der Waals surface area (Å²) in [5.74, 6) is 0.702. The second kappa shape index (κ2) is 11.3. The Bertz CT molecular complexity index is 339. The minimum atomic E-state index is -0.129. The molecule has 0 unspecified atom stereocenters. The zero-order valence-corrected chi connectivity index (χ0v) is 14.4. The van der Waals surface area contributed by atoms with Crippen LogP contribution in [0.2, 0.25) is 0 Å². The number of nitrogens with zero attached hydrogens (tertiary/aromatic N) is 2. The number of esters is 1. The molecule has 0 aromatic carbocycles. The lowest BCUT2D eigenvalue weighted by molar-refractivity contribution is -0.143. The summed E-state index contributed by atoms with van der Waals surface area (Å²) >= 11 is 0. The molecule has 0 aliphatic carbocycles. The topological polar surface area (TPSA) is 66.0 Å². The standard InChI is InChI=1S/C16H32N4O2/c1-4-11-20-12-8-14(9-13-20)19-16(17-3)18-10-6-7-15(21)22-5-2/h14H,4-13H2,1-3H3,(H2,17,18,19). The molecule has 1 heterocycles. The fourth-order valence-corrected chi connectivity index (χ4v) is 2.68.